The molecule has 0 radical (unpaired) electrons. The largest absolute Gasteiger partial charge is 0.411 e. The Morgan fingerprint density at radius 2 is 1.90 bits per heavy atom. The SMILES string of the molecule is CC(C)(C)[Si](C)(C)O[C@@H]1[C@H]2O[C@H]2C(=O)[C@H]2[C@@H]1[C@H]1C=C[C@@H]2C1. The topological polar surface area (TPSA) is 38.8 Å². The van der Waals surface area contributed by atoms with Crippen LogP contribution in [0.4, 0.5) is 0 Å². The standard InChI is InChI=1S/C17H26O3Si/c1-17(2,3)21(4,5)20-14-12-10-7-6-9(8-10)11(12)13(18)15-16(14)19-15/h6-7,9-12,14-16H,8H2,1-5H3/t9-,10+,11-,12+,14+,15+,16-/m1/s1. The van der Waals surface area contributed by atoms with E-state index in [2.05, 4.69) is 46.0 Å². The summed E-state index contributed by atoms with van der Waals surface area (Å²) in [6, 6.07) is 0. The van der Waals surface area contributed by atoms with Crippen molar-refractivity contribution in [1.82, 2.24) is 0 Å². The van der Waals surface area contributed by atoms with E-state index in [1.165, 1.54) is 0 Å². The summed E-state index contributed by atoms with van der Waals surface area (Å²) in [5.74, 6) is 1.87. The Bertz CT molecular complexity index is 519. The predicted molar refractivity (Wildman–Crippen MR) is 83.5 cm³/mol. The van der Waals surface area contributed by atoms with Crippen molar-refractivity contribution >= 4 is 14.1 Å². The number of rotatable bonds is 2. The highest BCUT2D eigenvalue weighted by Crippen LogP contribution is 2.58. The minimum absolute atomic E-state index is 0.0422. The Hall–Kier alpha value is -0.453. The average molecular weight is 306 g/mol. The molecule has 0 aromatic rings. The van der Waals surface area contributed by atoms with E-state index >= 15 is 0 Å². The van der Waals surface area contributed by atoms with Gasteiger partial charge in [-0.3, -0.25) is 4.79 Å². The molecule has 0 aromatic carbocycles. The van der Waals surface area contributed by atoms with Crippen LogP contribution in [-0.4, -0.2) is 32.4 Å². The van der Waals surface area contributed by atoms with Crippen molar-refractivity contribution in [2.75, 3.05) is 0 Å². The molecule has 3 aliphatic carbocycles. The summed E-state index contributed by atoms with van der Waals surface area (Å²) in [6.45, 7) is 11.4. The highest BCUT2D eigenvalue weighted by molar-refractivity contribution is 6.74. The molecule has 4 aliphatic rings. The van der Waals surface area contributed by atoms with Crippen LogP contribution in [0.15, 0.2) is 12.2 Å². The summed E-state index contributed by atoms with van der Waals surface area (Å²) >= 11 is 0. The van der Waals surface area contributed by atoms with E-state index in [-0.39, 0.29) is 29.3 Å². The summed E-state index contributed by atoms with van der Waals surface area (Å²) in [6.07, 6.45) is 5.75. The van der Waals surface area contributed by atoms with Gasteiger partial charge in [-0.25, -0.2) is 0 Å². The van der Waals surface area contributed by atoms with Crippen molar-refractivity contribution in [3.63, 3.8) is 0 Å². The molecular weight excluding hydrogens is 280 g/mol. The number of fused-ring (bicyclic) bond motifs is 6. The van der Waals surface area contributed by atoms with E-state index in [9.17, 15) is 4.79 Å². The van der Waals surface area contributed by atoms with Gasteiger partial charge in [0.1, 0.15) is 12.2 Å². The molecule has 1 aliphatic heterocycles. The summed E-state index contributed by atoms with van der Waals surface area (Å²) in [5, 5.41) is 0.196. The maximum atomic E-state index is 12.5. The second kappa shape index (κ2) is 4.09. The van der Waals surface area contributed by atoms with E-state index in [0.717, 1.165) is 6.42 Å². The minimum atomic E-state index is -1.83. The first-order valence-corrected chi connectivity index (χ1v) is 11.2. The third-order valence-electron chi connectivity index (χ3n) is 6.59. The lowest BCUT2D eigenvalue weighted by atomic mass is 9.71. The fraction of sp³-hybridized carbons (Fsp3) is 0.824. The molecule has 0 spiro atoms. The zero-order chi connectivity index (χ0) is 15.2. The molecule has 21 heavy (non-hydrogen) atoms. The van der Waals surface area contributed by atoms with E-state index in [0.29, 0.717) is 23.5 Å². The summed E-state index contributed by atoms with van der Waals surface area (Å²) in [4.78, 5) is 12.5. The van der Waals surface area contributed by atoms with Gasteiger partial charge in [0.05, 0.1) is 6.10 Å². The Labute approximate surface area is 128 Å². The van der Waals surface area contributed by atoms with Crippen LogP contribution in [0.1, 0.15) is 27.2 Å². The van der Waals surface area contributed by atoms with Crippen LogP contribution in [-0.2, 0) is 14.0 Å². The Kier molecular flexibility index (Phi) is 2.76. The summed E-state index contributed by atoms with van der Waals surface area (Å²) < 4.78 is 12.5. The highest BCUT2D eigenvalue weighted by Gasteiger charge is 2.67. The lowest BCUT2D eigenvalue weighted by Gasteiger charge is -2.44. The Morgan fingerprint density at radius 3 is 2.57 bits per heavy atom. The van der Waals surface area contributed by atoms with Gasteiger partial charge in [0.15, 0.2) is 14.1 Å². The van der Waals surface area contributed by atoms with Crippen molar-refractivity contribution in [2.45, 2.75) is 63.6 Å². The van der Waals surface area contributed by atoms with Crippen molar-refractivity contribution < 1.29 is 14.0 Å². The monoisotopic (exact) mass is 306 g/mol. The molecular formula is C17H26O3Si. The summed E-state index contributed by atoms with van der Waals surface area (Å²) in [5.41, 5.74) is 0. The van der Waals surface area contributed by atoms with Gasteiger partial charge in [0.2, 0.25) is 0 Å². The highest BCUT2D eigenvalue weighted by atomic mass is 28.4. The molecule has 0 unspecified atom stereocenters. The molecule has 3 fully saturated rings. The fourth-order valence-electron chi connectivity index (χ4n) is 4.38. The molecule has 4 heteroatoms. The quantitative estimate of drug-likeness (QED) is 0.447. The third kappa shape index (κ3) is 1.88. The maximum absolute atomic E-state index is 12.5. The number of ether oxygens (including phenoxy) is 1. The average Bonchev–Trinajstić information content (AvgIpc) is 2.91. The maximum Gasteiger partial charge on any atom is 0.192 e. The number of ketones is 1. The van der Waals surface area contributed by atoms with Crippen molar-refractivity contribution in [3.8, 4) is 0 Å². The zero-order valence-electron chi connectivity index (χ0n) is 13.6. The first-order valence-electron chi connectivity index (χ1n) is 8.26. The van der Waals surface area contributed by atoms with Crippen LogP contribution in [0.2, 0.25) is 18.1 Å². The van der Waals surface area contributed by atoms with Crippen LogP contribution in [0, 0.1) is 23.7 Å². The van der Waals surface area contributed by atoms with Gasteiger partial charge in [0, 0.05) is 11.8 Å². The van der Waals surface area contributed by atoms with Crippen LogP contribution in [0.25, 0.3) is 0 Å². The molecule has 1 heterocycles. The number of carbonyl (C=O) groups excluding carboxylic acids is 1. The molecule has 2 saturated carbocycles. The molecule has 7 atom stereocenters. The lowest BCUT2D eigenvalue weighted by molar-refractivity contribution is -0.129. The van der Waals surface area contributed by atoms with Crippen molar-refractivity contribution in [1.29, 1.82) is 0 Å². The molecule has 0 N–H and O–H groups in total. The molecule has 2 bridgehead atoms. The van der Waals surface area contributed by atoms with Gasteiger partial charge in [-0.05, 0) is 36.4 Å². The number of epoxide rings is 1. The van der Waals surface area contributed by atoms with E-state index in [1.54, 1.807) is 0 Å². The number of Topliss-reactive ketones (excluding diaryl/α,β-unsaturated/α-hetero) is 1. The van der Waals surface area contributed by atoms with Crippen LogP contribution in [0.5, 0.6) is 0 Å². The van der Waals surface area contributed by atoms with Gasteiger partial charge < -0.3 is 9.16 Å². The Morgan fingerprint density at radius 1 is 1.24 bits per heavy atom. The Balaban J connectivity index is 1.64. The van der Waals surface area contributed by atoms with E-state index in [4.69, 9.17) is 9.16 Å². The molecule has 116 valence electrons. The molecule has 0 amide bonds. The zero-order valence-corrected chi connectivity index (χ0v) is 14.6. The first-order chi connectivity index (χ1) is 9.71. The molecule has 3 nitrogen and oxygen atoms in total. The van der Waals surface area contributed by atoms with Crippen molar-refractivity contribution in [3.05, 3.63) is 12.2 Å². The van der Waals surface area contributed by atoms with Crippen LogP contribution < -0.4 is 0 Å². The van der Waals surface area contributed by atoms with Gasteiger partial charge >= 0.3 is 0 Å². The molecule has 4 rings (SSSR count). The van der Waals surface area contributed by atoms with Gasteiger partial charge in [-0.15, -0.1) is 0 Å². The number of allylic oxidation sites excluding steroid dienone is 2. The second-order valence-electron chi connectivity index (χ2n) is 8.82. The number of hydrogen-bond acceptors (Lipinski definition) is 3. The summed E-state index contributed by atoms with van der Waals surface area (Å²) in [7, 11) is -1.83. The fourth-order valence-corrected chi connectivity index (χ4v) is 5.71. The molecule has 1 saturated heterocycles. The van der Waals surface area contributed by atoms with Crippen LogP contribution >= 0.6 is 0 Å². The first kappa shape index (κ1) is 14.2. The predicted octanol–water partition coefficient (Wildman–Crippen LogP) is 3.17. The normalized spacial score (nSPS) is 47.5. The van der Waals surface area contributed by atoms with Crippen LogP contribution in [0.3, 0.4) is 0 Å². The van der Waals surface area contributed by atoms with Gasteiger partial charge in [0.25, 0.3) is 0 Å². The van der Waals surface area contributed by atoms with Gasteiger partial charge in [-0.2, -0.15) is 0 Å². The van der Waals surface area contributed by atoms with E-state index in [1.807, 2.05) is 0 Å². The van der Waals surface area contributed by atoms with Crippen molar-refractivity contribution in [2.24, 2.45) is 23.7 Å². The third-order valence-corrected chi connectivity index (χ3v) is 11.1. The van der Waals surface area contributed by atoms with E-state index < -0.39 is 8.32 Å². The van der Waals surface area contributed by atoms with Gasteiger partial charge in [-0.1, -0.05) is 32.9 Å². The second-order valence-corrected chi connectivity index (χ2v) is 13.6. The lowest BCUT2D eigenvalue weighted by Crippen LogP contribution is -2.53. The molecule has 0 aromatic heterocycles. The minimum Gasteiger partial charge on any atom is -0.411 e. The number of hydrogen-bond donors (Lipinski definition) is 0. The number of carbonyl (C=O) groups is 1. The smallest absolute Gasteiger partial charge is 0.192 e.